The molecular formula is C22H26N4O. The lowest BCUT2D eigenvalue weighted by molar-refractivity contribution is 0.102. The Labute approximate surface area is 160 Å². The van der Waals surface area contributed by atoms with Gasteiger partial charge in [0.25, 0.3) is 5.91 Å². The summed E-state index contributed by atoms with van der Waals surface area (Å²) in [5.74, 6) is 1.54. The topological polar surface area (TPSA) is 59.8 Å². The van der Waals surface area contributed by atoms with Gasteiger partial charge in [0.1, 0.15) is 5.82 Å². The van der Waals surface area contributed by atoms with E-state index in [2.05, 4.69) is 50.0 Å². The number of rotatable bonds is 4. The molecule has 0 aliphatic rings. The monoisotopic (exact) mass is 362 g/mol. The molecule has 1 amide bonds. The first-order valence-electron chi connectivity index (χ1n) is 9.19. The Bertz CT molecular complexity index is 919. The fourth-order valence-corrected chi connectivity index (χ4v) is 2.70. The molecule has 0 spiro atoms. The number of carbonyl (C=O) groups is 1. The quantitative estimate of drug-likeness (QED) is 0.715. The molecule has 0 saturated carbocycles. The summed E-state index contributed by atoms with van der Waals surface area (Å²) in [7, 11) is 0. The van der Waals surface area contributed by atoms with E-state index in [4.69, 9.17) is 0 Å². The van der Waals surface area contributed by atoms with Crippen LogP contribution in [0.25, 0.3) is 5.82 Å². The highest BCUT2D eigenvalue weighted by Gasteiger charge is 2.22. The second kappa shape index (κ2) is 7.35. The second-order valence-electron chi connectivity index (χ2n) is 8.00. The predicted molar refractivity (Wildman–Crippen MR) is 109 cm³/mol. The molecule has 0 fully saturated rings. The minimum atomic E-state index is -0.164. The van der Waals surface area contributed by atoms with Crippen molar-refractivity contribution in [3.8, 4) is 5.82 Å². The number of carbonyl (C=O) groups excluding carboxylic acids is 1. The Hall–Kier alpha value is -2.95. The zero-order valence-electron chi connectivity index (χ0n) is 16.5. The van der Waals surface area contributed by atoms with Gasteiger partial charge in [0.2, 0.25) is 0 Å². The van der Waals surface area contributed by atoms with Gasteiger partial charge in [0.05, 0.1) is 5.69 Å². The summed E-state index contributed by atoms with van der Waals surface area (Å²) in [5.41, 5.74) is 2.57. The third-order valence-electron chi connectivity index (χ3n) is 4.43. The van der Waals surface area contributed by atoms with E-state index in [0.717, 1.165) is 5.69 Å². The molecule has 0 radical (unpaired) electrons. The molecule has 2 aromatic heterocycles. The van der Waals surface area contributed by atoms with Crippen molar-refractivity contribution < 1.29 is 4.79 Å². The lowest BCUT2D eigenvalue weighted by Crippen LogP contribution is -2.15. The highest BCUT2D eigenvalue weighted by atomic mass is 16.1. The Kier molecular flexibility index (Phi) is 5.13. The minimum Gasteiger partial charge on any atom is -0.306 e. The molecule has 0 aliphatic carbocycles. The van der Waals surface area contributed by atoms with Gasteiger partial charge in [0, 0.05) is 23.2 Å². The fourth-order valence-electron chi connectivity index (χ4n) is 2.70. The Morgan fingerprint density at radius 3 is 2.33 bits per heavy atom. The van der Waals surface area contributed by atoms with E-state index in [1.807, 2.05) is 48.5 Å². The van der Waals surface area contributed by atoms with E-state index in [1.54, 1.807) is 10.9 Å². The summed E-state index contributed by atoms with van der Waals surface area (Å²) in [6.07, 6.45) is 1.71. The molecule has 2 heterocycles. The molecule has 0 atom stereocenters. The summed E-state index contributed by atoms with van der Waals surface area (Å²) in [5, 5.41) is 7.66. The highest BCUT2D eigenvalue weighted by Crippen LogP contribution is 2.26. The number of anilines is 1. The maximum absolute atomic E-state index is 12.8. The van der Waals surface area contributed by atoms with Crippen molar-refractivity contribution in [3.05, 3.63) is 71.5 Å². The molecule has 5 nitrogen and oxygen atoms in total. The number of amides is 1. The van der Waals surface area contributed by atoms with Gasteiger partial charge < -0.3 is 5.32 Å². The molecular weight excluding hydrogens is 336 g/mol. The molecule has 0 aliphatic heterocycles. The van der Waals surface area contributed by atoms with Gasteiger partial charge in [-0.2, -0.15) is 9.78 Å². The standard InChI is InChI=1S/C22H26N4O/c1-15(2)16-9-11-17(12-10-16)21(27)24-20-14-18(22(3,4)5)25-26(20)19-8-6-7-13-23-19/h6-15H,1-5H3,(H,24,27). The Morgan fingerprint density at radius 2 is 1.78 bits per heavy atom. The van der Waals surface area contributed by atoms with Crippen molar-refractivity contribution >= 4 is 11.7 Å². The van der Waals surface area contributed by atoms with Crippen LogP contribution in [0.15, 0.2) is 54.7 Å². The van der Waals surface area contributed by atoms with Gasteiger partial charge >= 0.3 is 0 Å². The Balaban J connectivity index is 1.93. The van der Waals surface area contributed by atoms with Crippen LogP contribution in [-0.2, 0) is 5.41 Å². The smallest absolute Gasteiger partial charge is 0.256 e. The summed E-state index contributed by atoms with van der Waals surface area (Å²) in [6.45, 7) is 10.5. The SMILES string of the molecule is CC(C)c1ccc(C(=O)Nc2cc(C(C)(C)C)nn2-c2ccccn2)cc1. The summed E-state index contributed by atoms with van der Waals surface area (Å²) >= 11 is 0. The maximum atomic E-state index is 12.8. The normalized spacial score (nSPS) is 11.6. The number of benzene rings is 1. The summed E-state index contributed by atoms with van der Waals surface area (Å²) < 4.78 is 1.68. The molecule has 0 unspecified atom stereocenters. The maximum Gasteiger partial charge on any atom is 0.256 e. The van der Waals surface area contributed by atoms with E-state index in [9.17, 15) is 4.79 Å². The number of hydrogen-bond acceptors (Lipinski definition) is 3. The van der Waals surface area contributed by atoms with Crippen LogP contribution in [0.5, 0.6) is 0 Å². The van der Waals surface area contributed by atoms with Crippen molar-refractivity contribution in [2.45, 2.75) is 46.0 Å². The fraction of sp³-hybridized carbons (Fsp3) is 0.318. The minimum absolute atomic E-state index is 0.140. The van der Waals surface area contributed by atoms with E-state index < -0.39 is 0 Å². The van der Waals surface area contributed by atoms with Gasteiger partial charge in [-0.1, -0.05) is 52.8 Å². The van der Waals surface area contributed by atoms with Crippen molar-refractivity contribution in [1.29, 1.82) is 0 Å². The van der Waals surface area contributed by atoms with E-state index in [0.29, 0.717) is 23.1 Å². The van der Waals surface area contributed by atoms with Crippen LogP contribution < -0.4 is 5.32 Å². The molecule has 3 aromatic rings. The summed E-state index contributed by atoms with van der Waals surface area (Å²) in [6, 6.07) is 15.2. The van der Waals surface area contributed by atoms with Crippen LogP contribution in [-0.4, -0.2) is 20.7 Å². The lowest BCUT2D eigenvalue weighted by Gasteiger charge is -2.13. The molecule has 27 heavy (non-hydrogen) atoms. The lowest BCUT2D eigenvalue weighted by atomic mass is 9.92. The molecule has 0 saturated heterocycles. The average molecular weight is 362 g/mol. The van der Waals surface area contributed by atoms with Crippen LogP contribution in [0.4, 0.5) is 5.82 Å². The van der Waals surface area contributed by atoms with E-state index in [1.165, 1.54) is 5.56 Å². The zero-order chi connectivity index (χ0) is 19.6. The van der Waals surface area contributed by atoms with Gasteiger partial charge in [-0.3, -0.25) is 4.79 Å². The van der Waals surface area contributed by atoms with Crippen molar-refractivity contribution in [3.63, 3.8) is 0 Å². The van der Waals surface area contributed by atoms with Gasteiger partial charge in [-0.15, -0.1) is 0 Å². The number of nitrogens with one attached hydrogen (secondary N) is 1. The first kappa shape index (κ1) is 18.8. The predicted octanol–water partition coefficient (Wildman–Crippen LogP) is 4.94. The van der Waals surface area contributed by atoms with E-state index >= 15 is 0 Å². The van der Waals surface area contributed by atoms with Crippen LogP contribution in [0.2, 0.25) is 0 Å². The first-order valence-corrected chi connectivity index (χ1v) is 9.19. The second-order valence-corrected chi connectivity index (χ2v) is 8.00. The van der Waals surface area contributed by atoms with Crippen molar-refractivity contribution in [2.24, 2.45) is 0 Å². The highest BCUT2D eigenvalue weighted by molar-refractivity contribution is 6.04. The van der Waals surface area contributed by atoms with Crippen LogP contribution in [0, 0.1) is 0 Å². The van der Waals surface area contributed by atoms with Gasteiger partial charge in [-0.05, 0) is 35.7 Å². The Morgan fingerprint density at radius 1 is 1.07 bits per heavy atom. The number of nitrogens with zero attached hydrogens (tertiary/aromatic N) is 3. The molecule has 140 valence electrons. The summed E-state index contributed by atoms with van der Waals surface area (Å²) in [4.78, 5) is 17.1. The molecule has 1 N–H and O–H groups in total. The molecule has 1 aromatic carbocycles. The van der Waals surface area contributed by atoms with Gasteiger partial charge in [0.15, 0.2) is 5.82 Å². The van der Waals surface area contributed by atoms with Crippen molar-refractivity contribution in [1.82, 2.24) is 14.8 Å². The third-order valence-corrected chi connectivity index (χ3v) is 4.43. The number of aromatic nitrogens is 3. The van der Waals surface area contributed by atoms with Crippen molar-refractivity contribution in [2.75, 3.05) is 5.32 Å². The van der Waals surface area contributed by atoms with Crippen LogP contribution in [0.1, 0.15) is 62.2 Å². The third kappa shape index (κ3) is 4.25. The molecule has 0 bridgehead atoms. The molecule has 3 rings (SSSR count). The van der Waals surface area contributed by atoms with Crippen LogP contribution >= 0.6 is 0 Å². The zero-order valence-corrected chi connectivity index (χ0v) is 16.5. The van der Waals surface area contributed by atoms with Crippen LogP contribution in [0.3, 0.4) is 0 Å². The number of hydrogen-bond donors (Lipinski definition) is 1. The molecule has 5 heteroatoms. The largest absolute Gasteiger partial charge is 0.306 e. The van der Waals surface area contributed by atoms with Gasteiger partial charge in [-0.25, -0.2) is 4.98 Å². The average Bonchev–Trinajstić information content (AvgIpc) is 3.06. The van der Waals surface area contributed by atoms with E-state index in [-0.39, 0.29) is 11.3 Å². The first-order chi connectivity index (χ1) is 12.8. The number of pyridine rings is 1.